The Morgan fingerprint density at radius 3 is 2.63 bits per heavy atom. The molecule has 0 bridgehead atoms. The number of carbonyl (C=O) groups is 1. The smallest absolute Gasteiger partial charge is 0.248 e. The zero-order chi connectivity index (χ0) is 20.8. The van der Waals surface area contributed by atoms with Crippen molar-refractivity contribution in [1.82, 2.24) is 10.2 Å². The number of hydrogen-bond acceptors (Lipinski definition) is 5. The molecule has 0 saturated carbocycles. The maximum absolute atomic E-state index is 12.3. The summed E-state index contributed by atoms with van der Waals surface area (Å²) < 4.78 is 5.37. The maximum Gasteiger partial charge on any atom is 0.248 e. The van der Waals surface area contributed by atoms with E-state index in [4.69, 9.17) is 16.3 Å². The van der Waals surface area contributed by atoms with E-state index in [1.54, 1.807) is 12.1 Å². The summed E-state index contributed by atoms with van der Waals surface area (Å²) in [6.45, 7) is 3.04. The third-order valence-corrected chi connectivity index (χ3v) is 5.08. The molecule has 6 nitrogen and oxygen atoms in total. The lowest BCUT2D eigenvalue weighted by Crippen LogP contribution is -2.36. The fraction of sp³-hybridized carbons (Fsp3) is 0.174. The van der Waals surface area contributed by atoms with Gasteiger partial charge in [-0.1, -0.05) is 41.9 Å². The van der Waals surface area contributed by atoms with Crippen molar-refractivity contribution in [3.05, 3.63) is 77.3 Å². The number of rotatable bonds is 5. The molecule has 0 atom stereocenters. The van der Waals surface area contributed by atoms with Crippen molar-refractivity contribution in [1.29, 1.82) is 0 Å². The van der Waals surface area contributed by atoms with Crippen molar-refractivity contribution in [2.45, 2.75) is 0 Å². The second-order valence-corrected chi connectivity index (χ2v) is 7.21. The van der Waals surface area contributed by atoms with Gasteiger partial charge in [-0.2, -0.15) is 0 Å². The number of nitrogens with one attached hydrogen (secondary N) is 1. The first kappa shape index (κ1) is 20.1. The summed E-state index contributed by atoms with van der Waals surface area (Å²) in [5.74, 6) is 0.608. The highest BCUT2D eigenvalue weighted by atomic mass is 35.5. The number of nitrogens with zero attached hydrogens (tertiary/aromatic N) is 3. The van der Waals surface area contributed by atoms with Crippen LogP contribution in [0.25, 0.3) is 17.3 Å². The summed E-state index contributed by atoms with van der Waals surface area (Å²) in [7, 11) is 0. The highest BCUT2D eigenvalue weighted by Crippen LogP contribution is 2.22. The molecule has 30 heavy (non-hydrogen) atoms. The first-order valence-corrected chi connectivity index (χ1v) is 10.1. The number of anilines is 2. The molecule has 2 aromatic carbocycles. The van der Waals surface area contributed by atoms with Gasteiger partial charge in [0.25, 0.3) is 0 Å². The number of morpholine rings is 1. The normalized spacial score (nSPS) is 14.1. The molecule has 1 amide bonds. The number of halogens is 1. The Morgan fingerprint density at radius 2 is 1.87 bits per heavy atom. The molecular formula is C23H21ClN4O2. The average Bonchev–Trinajstić information content (AvgIpc) is 2.79. The van der Waals surface area contributed by atoms with Gasteiger partial charge in [-0.3, -0.25) is 4.79 Å². The Labute approximate surface area is 180 Å². The molecule has 3 aromatic rings. The molecular weight excluding hydrogens is 400 g/mol. The zero-order valence-corrected chi connectivity index (χ0v) is 17.0. The van der Waals surface area contributed by atoms with Gasteiger partial charge in [0.05, 0.1) is 18.9 Å². The van der Waals surface area contributed by atoms with Crippen LogP contribution in [0.1, 0.15) is 5.56 Å². The van der Waals surface area contributed by atoms with Crippen LogP contribution in [0.15, 0.2) is 66.7 Å². The van der Waals surface area contributed by atoms with E-state index in [1.807, 2.05) is 54.6 Å². The summed E-state index contributed by atoms with van der Waals surface area (Å²) >= 11 is 6.11. The molecule has 152 valence electrons. The first-order chi connectivity index (χ1) is 14.7. The molecule has 0 spiro atoms. The molecule has 1 aromatic heterocycles. The van der Waals surface area contributed by atoms with Gasteiger partial charge in [0.15, 0.2) is 5.82 Å². The Kier molecular flexibility index (Phi) is 6.37. The second-order valence-electron chi connectivity index (χ2n) is 6.80. The highest BCUT2D eigenvalue weighted by molar-refractivity contribution is 6.32. The van der Waals surface area contributed by atoms with E-state index >= 15 is 0 Å². The monoisotopic (exact) mass is 420 g/mol. The minimum Gasteiger partial charge on any atom is -0.378 e. The molecule has 2 heterocycles. The minimum absolute atomic E-state index is 0.235. The lowest BCUT2D eigenvalue weighted by molar-refractivity contribution is -0.111. The van der Waals surface area contributed by atoms with Crippen LogP contribution in [0.4, 0.5) is 11.5 Å². The summed E-state index contributed by atoms with van der Waals surface area (Å²) in [6, 6.07) is 18.8. The van der Waals surface area contributed by atoms with Gasteiger partial charge in [-0.25, -0.2) is 0 Å². The van der Waals surface area contributed by atoms with E-state index in [1.165, 1.54) is 6.08 Å². The number of hydrogen-bond donors (Lipinski definition) is 1. The van der Waals surface area contributed by atoms with Crippen molar-refractivity contribution >= 4 is 35.1 Å². The third-order valence-electron chi connectivity index (χ3n) is 4.73. The van der Waals surface area contributed by atoms with Crippen molar-refractivity contribution in [2.75, 3.05) is 36.5 Å². The molecule has 0 aliphatic carbocycles. The van der Waals surface area contributed by atoms with Crippen molar-refractivity contribution in [2.24, 2.45) is 0 Å². The van der Waals surface area contributed by atoms with E-state index in [2.05, 4.69) is 20.4 Å². The summed E-state index contributed by atoms with van der Waals surface area (Å²) in [4.78, 5) is 14.4. The largest absolute Gasteiger partial charge is 0.378 e. The van der Waals surface area contributed by atoms with E-state index in [0.29, 0.717) is 23.9 Å². The molecule has 1 fully saturated rings. The zero-order valence-electron chi connectivity index (χ0n) is 16.3. The topological polar surface area (TPSA) is 67.4 Å². The number of benzene rings is 2. The second kappa shape index (κ2) is 9.52. The molecule has 0 radical (unpaired) electrons. The molecule has 1 N–H and O–H groups in total. The first-order valence-electron chi connectivity index (χ1n) is 9.69. The fourth-order valence-electron chi connectivity index (χ4n) is 3.16. The maximum atomic E-state index is 12.3. The quantitative estimate of drug-likeness (QED) is 0.624. The lowest BCUT2D eigenvalue weighted by atomic mass is 10.1. The predicted molar refractivity (Wildman–Crippen MR) is 120 cm³/mol. The molecule has 4 rings (SSSR count). The van der Waals surface area contributed by atoms with Gasteiger partial charge in [0, 0.05) is 35.4 Å². The average molecular weight is 421 g/mol. The van der Waals surface area contributed by atoms with Crippen LogP contribution in [0.3, 0.4) is 0 Å². The standard InChI is InChI=1S/C23H21ClN4O2/c24-20-7-2-1-4-17(20)8-11-23(29)25-19-6-3-5-18(16-19)21-9-10-22(27-26-21)28-12-14-30-15-13-28/h1-11,16H,12-15H2,(H,25,29)/b11-8+. The van der Waals surface area contributed by atoms with E-state index < -0.39 is 0 Å². The molecule has 1 saturated heterocycles. The number of aromatic nitrogens is 2. The van der Waals surface area contributed by atoms with Crippen molar-refractivity contribution < 1.29 is 9.53 Å². The SMILES string of the molecule is O=C(/C=C/c1ccccc1Cl)Nc1cccc(-c2ccc(N3CCOCC3)nn2)c1. The van der Waals surface area contributed by atoms with Crippen LogP contribution >= 0.6 is 11.6 Å². The van der Waals surface area contributed by atoms with Gasteiger partial charge in [0.1, 0.15) is 0 Å². The Bertz CT molecular complexity index is 1050. The highest BCUT2D eigenvalue weighted by Gasteiger charge is 2.13. The van der Waals surface area contributed by atoms with E-state index in [-0.39, 0.29) is 5.91 Å². The Balaban J connectivity index is 1.43. The molecule has 1 aliphatic heterocycles. The van der Waals surface area contributed by atoms with Gasteiger partial charge < -0.3 is 15.0 Å². The van der Waals surface area contributed by atoms with Crippen molar-refractivity contribution in [3.8, 4) is 11.3 Å². The Hall–Kier alpha value is -3.22. The van der Waals surface area contributed by atoms with Gasteiger partial charge in [-0.05, 0) is 42.0 Å². The van der Waals surface area contributed by atoms with Crippen LogP contribution in [0.5, 0.6) is 0 Å². The van der Waals surface area contributed by atoms with Crippen LogP contribution in [-0.4, -0.2) is 42.4 Å². The number of ether oxygens (including phenoxy) is 1. The van der Waals surface area contributed by atoms with Crippen LogP contribution in [-0.2, 0) is 9.53 Å². The molecule has 1 aliphatic rings. The van der Waals surface area contributed by atoms with Crippen LogP contribution in [0.2, 0.25) is 5.02 Å². The summed E-state index contributed by atoms with van der Waals surface area (Å²) in [5, 5.41) is 12.2. The fourth-order valence-corrected chi connectivity index (χ4v) is 3.35. The summed E-state index contributed by atoms with van der Waals surface area (Å²) in [6.07, 6.45) is 3.15. The van der Waals surface area contributed by atoms with E-state index in [0.717, 1.165) is 35.7 Å². The predicted octanol–water partition coefficient (Wildman–Crippen LogP) is 4.29. The van der Waals surface area contributed by atoms with Gasteiger partial charge in [-0.15, -0.1) is 10.2 Å². The number of amides is 1. The van der Waals surface area contributed by atoms with Gasteiger partial charge in [0.2, 0.25) is 5.91 Å². The van der Waals surface area contributed by atoms with Crippen molar-refractivity contribution in [3.63, 3.8) is 0 Å². The third kappa shape index (κ3) is 5.03. The van der Waals surface area contributed by atoms with E-state index in [9.17, 15) is 4.79 Å². The van der Waals surface area contributed by atoms with Crippen LogP contribution in [0, 0.1) is 0 Å². The molecule has 7 heteroatoms. The number of carbonyl (C=O) groups excluding carboxylic acids is 1. The van der Waals surface area contributed by atoms with Gasteiger partial charge >= 0.3 is 0 Å². The minimum atomic E-state index is -0.235. The Morgan fingerprint density at radius 1 is 1.03 bits per heavy atom. The van der Waals surface area contributed by atoms with Crippen LogP contribution < -0.4 is 10.2 Å². The summed E-state index contributed by atoms with van der Waals surface area (Å²) in [5.41, 5.74) is 3.10. The molecule has 0 unspecified atom stereocenters. The lowest BCUT2D eigenvalue weighted by Gasteiger charge is -2.27.